The van der Waals surface area contributed by atoms with Crippen LogP contribution >= 0.6 is 0 Å². The van der Waals surface area contributed by atoms with Crippen LogP contribution in [0, 0.1) is 5.92 Å². The Morgan fingerprint density at radius 1 is 1.47 bits per heavy atom. The molecule has 0 radical (unpaired) electrons. The van der Waals surface area contributed by atoms with Gasteiger partial charge in [0.2, 0.25) is 5.91 Å². The number of nitrogens with two attached hydrogens (primary N) is 1. The largest absolute Gasteiger partial charge is 0.428 e. The van der Waals surface area contributed by atoms with Gasteiger partial charge < -0.3 is 15.5 Å². The van der Waals surface area contributed by atoms with Gasteiger partial charge in [0, 0.05) is 19.6 Å². The number of hydrogen-bond donors (Lipinski definition) is 2. The zero-order valence-corrected chi connectivity index (χ0v) is 8.86. The minimum absolute atomic E-state index is 0.245. The van der Waals surface area contributed by atoms with Gasteiger partial charge in [0.05, 0.1) is 5.92 Å². The van der Waals surface area contributed by atoms with Crippen molar-refractivity contribution in [2.75, 3.05) is 19.6 Å². The molecule has 1 fully saturated rings. The summed E-state index contributed by atoms with van der Waals surface area (Å²) in [6, 6.07) is 0. The van der Waals surface area contributed by atoms with E-state index in [1.165, 1.54) is 0 Å². The summed E-state index contributed by atoms with van der Waals surface area (Å²) in [5.74, 6) is -0.768. The molecule has 15 heavy (non-hydrogen) atoms. The van der Waals surface area contributed by atoms with Gasteiger partial charge in [0.1, 0.15) is 0 Å². The van der Waals surface area contributed by atoms with Crippen molar-refractivity contribution in [3.8, 4) is 0 Å². The van der Waals surface area contributed by atoms with Crippen molar-refractivity contribution in [1.29, 1.82) is 0 Å². The molecule has 0 aromatic rings. The van der Waals surface area contributed by atoms with Crippen molar-refractivity contribution in [3.63, 3.8) is 0 Å². The summed E-state index contributed by atoms with van der Waals surface area (Å²) in [4.78, 5) is 28.4. The lowest BCUT2D eigenvalue weighted by Crippen LogP contribution is -2.37. The van der Waals surface area contributed by atoms with E-state index in [0.29, 0.717) is 0 Å². The highest BCUT2D eigenvalue weighted by Gasteiger charge is 2.19. The number of rotatable bonds is 4. The second-order valence-electron chi connectivity index (χ2n) is 3.71. The fraction of sp³-hybridized carbons (Fsp3) is 0.778. The smallest absolute Gasteiger partial charge is 0.369 e. The summed E-state index contributed by atoms with van der Waals surface area (Å²) in [5, 5.41) is 0. The second kappa shape index (κ2) is 5.55. The Balaban J connectivity index is 2.14. The molecule has 0 spiro atoms. The van der Waals surface area contributed by atoms with Gasteiger partial charge >= 0.3 is 6.09 Å². The maximum Gasteiger partial charge on any atom is 0.428 e. The Morgan fingerprint density at radius 2 is 2.07 bits per heavy atom. The van der Waals surface area contributed by atoms with Gasteiger partial charge in [0.25, 0.3) is 0 Å². The molecule has 0 aliphatic carbocycles. The predicted octanol–water partition coefficient (Wildman–Crippen LogP) is -0.155. The van der Waals surface area contributed by atoms with E-state index in [1.54, 1.807) is 11.8 Å². The van der Waals surface area contributed by atoms with E-state index in [9.17, 15) is 9.59 Å². The molecule has 0 unspecified atom stereocenters. The molecule has 2 amide bonds. The highest BCUT2D eigenvalue weighted by atomic mass is 16.7. The fourth-order valence-corrected chi connectivity index (χ4v) is 1.29. The zero-order chi connectivity index (χ0) is 11.3. The normalized spacial score (nSPS) is 17.5. The lowest BCUT2D eigenvalue weighted by atomic mass is 10.2. The summed E-state index contributed by atoms with van der Waals surface area (Å²) in [7, 11) is 0. The van der Waals surface area contributed by atoms with Crippen LogP contribution in [0.3, 0.4) is 0 Å². The maximum absolute atomic E-state index is 11.3. The molecule has 1 aliphatic rings. The fourth-order valence-electron chi connectivity index (χ4n) is 1.29. The number of amides is 2. The minimum Gasteiger partial charge on any atom is -0.369 e. The second-order valence-corrected chi connectivity index (χ2v) is 3.71. The molecule has 0 aromatic heterocycles. The van der Waals surface area contributed by atoms with Crippen molar-refractivity contribution < 1.29 is 14.4 Å². The van der Waals surface area contributed by atoms with Crippen LogP contribution in [-0.2, 0) is 9.63 Å². The van der Waals surface area contributed by atoms with Crippen LogP contribution < -0.4 is 11.2 Å². The number of primary amides is 1. The number of hydrogen-bond acceptors (Lipinski definition) is 4. The lowest BCUT2D eigenvalue weighted by Gasteiger charge is -2.15. The molecule has 0 saturated carbocycles. The molecule has 0 bridgehead atoms. The van der Waals surface area contributed by atoms with E-state index in [-0.39, 0.29) is 18.6 Å². The van der Waals surface area contributed by atoms with Crippen LogP contribution in [0.4, 0.5) is 4.79 Å². The van der Waals surface area contributed by atoms with Gasteiger partial charge in [-0.15, -0.1) is 0 Å². The first kappa shape index (κ1) is 11.8. The number of carbonyl (C=O) groups is 2. The average Bonchev–Trinajstić information content (AvgIpc) is 2.70. The number of hydroxylamine groups is 1. The van der Waals surface area contributed by atoms with Gasteiger partial charge in [-0.05, 0) is 12.8 Å². The number of carbonyl (C=O) groups excluding carboxylic acids is 2. The highest BCUT2D eigenvalue weighted by Crippen LogP contribution is 2.07. The molecular weight excluding hydrogens is 198 g/mol. The van der Waals surface area contributed by atoms with Gasteiger partial charge in [-0.1, -0.05) is 6.92 Å². The number of nitrogens with one attached hydrogen (secondary N) is 1. The first-order valence-corrected chi connectivity index (χ1v) is 5.09. The van der Waals surface area contributed by atoms with E-state index in [1.807, 2.05) is 0 Å². The third-order valence-electron chi connectivity index (χ3n) is 2.40. The van der Waals surface area contributed by atoms with E-state index in [2.05, 4.69) is 5.48 Å². The molecular formula is C9H17N3O3. The van der Waals surface area contributed by atoms with E-state index in [4.69, 9.17) is 10.6 Å². The molecule has 1 rings (SSSR count). The summed E-state index contributed by atoms with van der Waals surface area (Å²) >= 11 is 0. The lowest BCUT2D eigenvalue weighted by molar-refractivity contribution is -0.121. The van der Waals surface area contributed by atoms with Crippen LogP contribution in [0.15, 0.2) is 0 Å². The summed E-state index contributed by atoms with van der Waals surface area (Å²) in [6.45, 7) is 3.39. The summed E-state index contributed by atoms with van der Waals surface area (Å²) in [6.07, 6.45) is 1.66. The molecule has 1 heterocycles. The van der Waals surface area contributed by atoms with E-state index >= 15 is 0 Å². The Labute approximate surface area is 88.7 Å². The predicted molar refractivity (Wildman–Crippen MR) is 53.6 cm³/mol. The highest BCUT2D eigenvalue weighted by molar-refractivity contribution is 5.76. The molecule has 86 valence electrons. The average molecular weight is 215 g/mol. The Kier molecular flexibility index (Phi) is 4.36. The minimum atomic E-state index is -0.417. The molecule has 1 saturated heterocycles. The van der Waals surface area contributed by atoms with Gasteiger partial charge in [-0.3, -0.25) is 4.79 Å². The van der Waals surface area contributed by atoms with Gasteiger partial charge in [0.15, 0.2) is 0 Å². The van der Waals surface area contributed by atoms with E-state index in [0.717, 1.165) is 25.9 Å². The molecule has 6 nitrogen and oxygen atoms in total. The van der Waals surface area contributed by atoms with Crippen LogP contribution in [0.1, 0.15) is 19.8 Å². The Morgan fingerprint density at radius 3 is 2.60 bits per heavy atom. The topological polar surface area (TPSA) is 84.7 Å². The van der Waals surface area contributed by atoms with Gasteiger partial charge in [-0.2, -0.15) is 5.48 Å². The van der Waals surface area contributed by atoms with Crippen LogP contribution in [0.25, 0.3) is 0 Å². The van der Waals surface area contributed by atoms with Crippen LogP contribution in [-0.4, -0.2) is 36.5 Å². The summed E-state index contributed by atoms with van der Waals surface area (Å²) < 4.78 is 0. The molecule has 6 heteroatoms. The molecule has 0 aromatic carbocycles. The standard InChI is InChI=1S/C9H17N3O3/c1-7(8(10)13)6-11-15-9(14)12-4-2-3-5-12/h7,11H,2-6H2,1H3,(H2,10,13)/t7-/m0/s1. The number of likely N-dealkylation sites (tertiary alicyclic amines) is 1. The monoisotopic (exact) mass is 215 g/mol. The van der Waals surface area contributed by atoms with E-state index < -0.39 is 5.91 Å². The van der Waals surface area contributed by atoms with Crippen molar-refractivity contribution in [1.82, 2.24) is 10.4 Å². The SMILES string of the molecule is C[C@@H](CNOC(=O)N1CCCC1)C(N)=O. The third-order valence-corrected chi connectivity index (χ3v) is 2.40. The molecule has 1 atom stereocenters. The van der Waals surface area contributed by atoms with Crippen LogP contribution in [0.5, 0.6) is 0 Å². The quantitative estimate of drug-likeness (QED) is 0.638. The molecule has 3 N–H and O–H groups in total. The van der Waals surface area contributed by atoms with Crippen LogP contribution in [0.2, 0.25) is 0 Å². The van der Waals surface area contributed by atoms with Crippen molar-refractivity contribution in [2.24, 2.45) is 11.7 Å². The Hall–Kier alpha value is -1.30. The zero-order valence-electron chi connectivity index (χ0n) is 8.86. The third kappa shape index (κ3) is 3.75. The molecule has 1 aliphatic heterocycles. The van der Waals surface area contributed by atoms with Crippen molar-refractivity contribution in [2.45, 2.75) is 19.8 Å². The first-order chi connectivity index (χ1) is 7.11. The Bertz CT molecular complexity index is 239. The first-order valence-electron chi connectivity index (χ1n) is 5.09. The maximum atomic E-state index is 11.3. The summed E-state index contributed by atoms with van der Waals surface area (Å²) in [5.41, 5.74) is 7.50. The van der Waals surface area contributed by atoms with Crippen molar-refractivity contribution in [3.05, 3.63) is 0 Å². The number of nitrogens with zero attached hydrogens (tertiary/aromatic N) is 1. The van der Waals surface area contributed by atoms with Crippen molar-refractivity contribution >= 4 is 12.0 Å². The van der Waals surface area contributed by atoms with Gasteiger partial charge in [-0.25, -0.2) is 4.79 Å².